The van der Waals surface area contributed by atoms with Crippen LogP contribution < -0.4 is 10.6 Å². The highest BCUT2D eigenvalue weighted by Crippen LogP contribution is 2.31. The SMILES string of the molecule is C=C1CC(=O)N[C@@H](C)C(=O)N(C)[C@@H](C(C)C)C(=O)NCC(=O)O[C@@H](c2cn(/C=C/C(C)(C)C)nn2)[C@@H]1C. The van der Waals surface area contributed by atoms with Gasteiger partial charge in [0.25, 0.3) is 0 Å². The first-order valence-electron chi connectivity index (χ1n) is 12.4. The predicted molar refractivity (Wildman–Crippen MR) is 139 cm³/mol. The molecular formula is C26H40N6O5. The Morgan fingerprint density at radius 1 is 1.19 bits per heavy atom. The fourth-order valence-corrected chi connectivity index (χ4v) is 3.96. The number of rotatable bonds is 3. The molecule has 37 heavy (non-hydrogen) atoms. The Labute approximate surface area is 218 Å². The van der Waals surface area contributed by atoms with E-state index in [0.29, 0.717) is 11.3 Å². The molecule has 2 rings (SSSR count). The minimum absolute atomic E-state index is 0.0741. The van der Waals surface area contributed by atoms with Gasteiger partial charge in [-0.3, -0.25) is 19.2 Å². The minimum Gasteiger partial charge on any atom is -0.454 e. The third kappa shape index (κ3) is 8.26. The van der Waals surface area contributed by atoms with E-state index in [0.717, 1.165) is 0 Å². The van der Waals surface area contributed by atoms with E-state index in [-0.39, 0.29) is 17.8 Å². The molecule has 0 aromatic carbocycles. The molecule has 0 saturated carbocycles. The Morgan fingerprint density at radius 3 is 2.43 bits per heavy atom. The maximum Gasteiger partial charge on any atom is 0.326 e. The average Bonchev–Trinajstić information content (AvgIpc) is 3.26. The molecule has 2 heterocycles. The zero-order valence-corrected chi connectivity index (χ0v) is 23.1. The maximum absolute atomic E-state index is 12.9. The second-order valence-electron chi connectivity index (χ2n) is 11.0. The highest BCUT2D eigenvalue weighted by atomic mass is 16.5. The first-order chi connectivity index (χ1) is 17.1. The molecule has 1 aromatic rings. The summed E-state index contributed by atoms with van der Waals surface area (Å²) in [5.74, 6) is -2.77. The van der Waals surface area contributed by atoms with E-state index in [2.05, 4.69) is 27.5 Å². The summed E-state index contributed by atoms with van der Waals surface area (Å²) in [6, 6.07) is -1.70. The van der Waals surface area contributed by atoms with Crippen LogP contribution in [0.4, 0.5) is 0 Å². The minimum atomic E-state index is -0.894. The van der Waals surface area contributed by atoms with Crippen LogP contribution in [0.1, 0.15) is 66.7 Å². The third-order valence-electron chi connectivity index (χ3n) is 6.11. The number of nitrogens with one attached hydrogen (secondary N) is 2. The van der Waals surface area contributed by atoms with E-state index >= 15 is 0 Å². The number of ether oxygens (including phenoxy) is 1. The normalized spacial score (nSPS) is 25.5. The van der Waals surface area contributed by atoms with Crippen molar-refractivity contribution >= 4 is 29.9 Å². The number of hydrogen-bond donors (Lipinski definition) is 2. The molecule has 1 fully saturated rings. The molecule has 1 aliphatic rings. The Bertz CT molecular complexity index is 1050. The number of aromatic nitrogens is 3. The van der Waals surface area contributed by atoms with Crippen molar-refractivity contribution in [1.29, 1.82) is 0 Å². The fourth-order valence-electron chi connectivity index (χ4n) is 3.96. The summed E-state index contributed by atoms with van der Waals surface area (Å²) in [6.07, 6.45) is 4.38. The van der Waals surface area contributed by atoms with Gasteiger partial charge in [0, 0.05) is 25.6 Å². The summed E-state index contributed by atoms with van der Waals surface area (Å²) < 4.78 is 7.25. The van der Waals surface area contributed by atoms with Crippen LogP contribution in [0.25, 0.3) is 6.20 Å². The number of hydrogen-bond acceptors (Lipinski definition) is 7. The van der Waals surface area contributed by atoms with Gasteiger partial charge in [-0.25, -0.2) is 4.68 Å². The van der Waals surface area contributed by atoms with Crippen LogP contribution in [-0.4, -0.2) is 69.3 Å². The van der Waals surface area contributed by atoms with E-state index in [1.165, 1.54) is 16.6 Å². The number of carbonyl (C=O) groups excluding carboxylic acids is 4. The highest BCUT2D eigenvalue weighted by molar-refractivity contribution is 5.93. The highest BCUT2D eigenvalue weighted by Gasteiger charge is 2.34. The molecule has 1 aliphatic heterocycles. The number of cyclic esters (lactones) is 1. The first kappa shape index (κ1) is 29.7. The molecular weight excluding hydrogens is 476 g/mol. The summed E-state index contributed by atoms with van der Waals surface area (Å²) in [5.41, 5.74) is 0.789. The lowest BCUT2D eigenvalue weighted by atomic mass is 9.92. The standard InChI is InChI=1S/C26H40N6O5/c1-15(2)22-24(35)27-13-21(34)37-23(19-14-32(30-29-19)11-10-26(6,7)8)17(4)16(3)12-20(33)28-18(5)25(36)31(22)9/h10-11,14-15,17-18,22-23H,3,12-13H2,1-2,4-9H3,(H,27,35)(H,28,33)/b11-10+/t17-,18+,22+,23-/m1/s1. The summed E-state index contributed by atoms with van der Waals surface area (Å²) in [6.45, 7) is 16.7. The van der Waals surface area contributed by atoms with Crippen molar-refractivity contribution < 1.29 is 23.9 Å². The number of amides is 3. The van der Waals surface area contributed by atoms with Gasteiger partial charge >= 0.3 is 5.97 Å². The largest absolute Gasteiger partial charge is 0.454 e. The number of carbonyl (C=O) groups is 4. The summed E-state index contributed by atoms with van der Waals surface area (Å²) in [7, 11) is 1.50. The van der Waals surface area contributed by atoms with E-state index in [4.69, 9.17) is 4.74 Å². The van der Waals surface area contributed by atoms with Crippen molar-refractivity contribution in [2.45, 2.75) is 73.1 Å². The van der Waals surface area contributed by atoms with Crippen molar-refractivity contribution in [2.24, 2.45) is 17.3 Å². The van der Waals surface area contributed by atoms with Crippen molar-refractivity contribution in [3.05, 3.63) is 30.1 Å². The van der Waals surface area contributed by atoms with Crippen LogP contribution in [-0.2, 0) is 23.9 Å². The smallest absolute Gasteiger partial charge is 0.326 e. The van der Waals surface area contributed by atoms with Gasteiger partial charge in [-0.2, -0.15) is 0 Å². The average molecular weight is 517 g/mol. The van der Waals surface area contributed by atoms with Gasteiger partial charge in [0.1, 0.15) is 24.3 Å². The van der Waals surface area contributed by atoms with Crippen LogP contribution in [0.15, 0.2) is 24.4 Å². The molecule has 1 aromatic heterocycles. The van der Waals surface area contributed by atoms with Gasteiger partial charge in [-0.15, -0.1) is 5.10 Å². The van der Waals surface area contributed by atoms with E-state index in [1.807, 2.05) is 26.8 Å². The second-order valence-corrected chi connectivity index (χ2v) is 11.0. The molecule has 3 amide bonds. The van der Waals surface area contributed by atoms with E-state index in [1.54, 1.807) is 40.1 Å². The lowest BCUT2D eigenvalue weighted by Crippen LogP contribution is -2.55. The van der Waals surface area contributed by atoms with Gasteiger partial charge in [-0.1, -0.05) is 65.0 Å². The maximum atomic E-state index is 12.9. The molecule has 0 unspecified atom stereocenters. The Morgan fingerprint density at radius 2 is 1.84 bits per heavy atom. The third-order valence-corrected chi connectivity index (χ3v) is 6.11. The van der Waals surface area contributed by atoms with Crippen LogP contribution >= 0.6 is 0 Å². The Kier molecular flexibility index (Phi) is 9.77. The topological polar surface area (TPSA) is 136 Å². The monoisotopic (exact) mass is 516 g/mol. The molecule has 204 valence electrons. The number of allylic oxidation sites excluding steroid dienone is 1. The molecule has 1 saturated heterocycles. The Balaban J connectivity index is 2.40. The molecule has 2 N–H and O–H groups in total. The van der Waals surface area contributed by atoms with E-state index < -0.39 is 54.3 Å². The second kappa shape index (κ2) is 12.2. The predicted octanol–water partition coefficient (Wildman–Crippen LogP) is 2.08. The molecule has 0 radical (unpaired) electrons. The van der Waals surface area contributed by atoms with Crippen molar-refractivity contribution in [1.82, 2.24) is 30.5 Å². The van der Waals surface area contributed by atoms with Gasteiger partial charge in [0.2, 0.25) is 17.7 Å². The van der Waals surface area contributed by atoms with Gasteiger partial charge < -0.3 is 20.3 Å². The van der Waals surface area contributed by atoms with Crippen LogP contribution in [0.5, 0.6) is 0 Å². The zero-order valence-electron chi connectivity index (χ0n) is 23.1. The van der Waals surface area contributed by atoms with Crippen molar-refractivity contribution in [2.75, 3.05) is 13.6 Å². The van der Waals surface area contributed by atoms with Gasteiger partial charge in [0.15, 0.2) is 6.10 Å². The molecule has 0 spiro atoms. The molecule has 11 heteroatoms. The van der Waals surface area contributed by atoms with Crippen molar-refractivity contribution in [3.63, 3.8) is 0 Å². The fraction of sp³-hybridized carbons (Fsp3) is 0.615. The molecule has 11 nitrogen and oxygen atoms in total. The van der Waals surface area contributed by atoms with E-state index in [9.17, 15) is 19.2 Å². The summed E-state index contributed by atoms with van der Waals surface area (Å²) in [5, 5.41) is 13.5. The first-order valence-corrected chi connectivity index (χ1v) is 12.4. The molecule has 0 bridgehead atoms. The number of nitrogens with zero attached hydrogens (tertiary/aromatic N) is 4. The number of likely N-dealkylation sites (N-methyl/N-ethyl adjacent to an activating group) is 1. The number of esters is 1. The van der Waals surface area contributed by atoms with Crippen LogP contribution in [0.3, 0.4) is 0 Å². The van der Waals surface area contributed by atoms with Gasteiger partial charge in [-0.05, 0) is 18.3 Å². The molecule has 0 aliphatic carbocycles. The Hall–Kier alpha value is -3.50. The quantitative estimate of drug-likeness (QED) is 0.464. The lowest BCUT2D eigenvalue weighted by molar-refractivity contribution is -0.152. The van der Waals surface area contributed by atoms with Crippen LogP contribution in [0.2, 0.25) is 0 Å². The molecule has 4 atom stereocenters. The van der Waals surface area contributed by atoms with Gasteiger partial charge in [0.05, 0.1) is 6.20 Å². The summed E-state index contributed by atoms with van der Waals surface area (Å²) >= 11 is 0. The zero-order chi connectivity index (χ0) is 28.1. The van der Waals surface area contributed by atoms with Crippen molar-refractivity contribution in [3.8, 4) is 0 Å². The summed E-state index contributed by atoms with van der Waals surface area (Å²) in [4.78, 5) is 52.7. The van der Waals surface area contributed by atoms with Crippen LogP contribution in [0, 0.1) is 17.3 Å². The lowest BCUT2D eigenvalue weighted by Gasteiger charge is -2.32.